The van der Waals surface area contributed by atoms with E-state index in [2.05, 4.69) is 26.8 Å². The third kappa shape index (κ3) is 2.18. The van der Waals surface area contributed by atoms with Crippen molar-refractivity contribution in [3.05, 3.63) is 11.6 Å². The van der Waals surface area contributed by atoms with E-state index < -0.39 is 0 Å². The van der Waals surface area contributed by atoms with Crippen molar-refractivity contribution in [1.29, 1.82) is 0 Å². The molecule has 11 heavy (non-hydrogen) atoms. The molecule has 0 spiro atoms. The van der Waals surface area contributed by atoms with Crippen molar-refractivity contribution in [3.63, 3.8) is 0 Å². The van der Waals surface area contributed by atoms with Crippen LogP contribution in [0.5, 0.6) is 0 Å². The fourth-order valence-corrected chi connectivity index (χ4v) is 1.87. The van der Waals surface area contributed by atoms with Crippen molar-refractivity contribution in [2.45, 2.75) is 40.0 Å². The van der Waals surface area contributed by atoms with Gasteiger partial charge in [-0.3, -0.25) is 4.79 Å². The molecule has 0 aromatic carbocycles. The highest BCUT2D eigenvalue weighted by atomic mass is 16.1. The van der Waals surface area contributed by atoms with Gasteiger partial charge in [-0.25, -0.2) is 0 Å². The minimum Gasteiger partial charge on any atom is -0.300 e. The fraction of sp³-hybridized carbons (Fsp3) is 0.700. The van der Waals surface area contributed by atoms with Gasteiger partial charge in [0.1, 0.15) is 5.78 Å². The van der Waals surface area contributed by atoms with Crippen LogP contribution in [0.15, 0.2) is 11.6 Å². The Bertz CT molecular complexity index is 199. The minimum atomic E-state index is 0.177. The first kappa shape index (κ1) is 8.51. The lowest BCUT2D eigenvalue weighted by molar-refractivity contribution is -0.117. The number of carbonyl (C=O) groups is 1. The third-order valence-corrected chi connectivity index (χ3v) is 2.21. The second-order valence-electron chi connectivity index (χ2n) is 4.09. The second kappa shape index (κ2) is 2.80. The maximum Gasteiger partial charge on any atom is 0.133 e. The molecular formula is C10H16O. The highest BCUT2D eigenvalue weighted by Crippen LogP contribution is 2.37. The first-order valence-corrected chi connectivity index (χ1v) is 4.20. The molecule has 1 aliphatic carbocycles. The van der Waals surface area contributed by atoms with E-state index in [-0.39, 0.29) is 5.41 Å². The van der Waals surface area contributed by atoms with Crippen LogP contribution in [0.2, 0.25) is 0 Å². The molecule has 1 unspecified atom stereocenters. The average Bonchev–Trinajstić information content (AvgIpc) is 2.08. The molecule has 0 heterocycles. The van der Waals surface area contributed by atoms with E-state index in [0.717, 1.165) is 19.3 Å². The highest BCUT2D eigenvalue weighted by molar-refractivity contribution is 5.81. The lowest BCUT2D eigenvalue weighted by atomic mass is 9.87. The Morgan fingerprint density at radius 3 is 2.55 bits per heavy atom. The zero-order valence-corrected chi connectivity index (χ0v) is 7.61. The summed E-state index contributed by atoms with van der Waals surface area (Å²) in [4.78, 5) is 11.0. The number of Topliss-reactive ketones (excluding diaryl/α,β-unsaturated/α-hetero) is 1. The van der Waals surface area contributed by atoms with Gasteiger partial charge in [0.2, 0.25) is 0 Å². The highest BCUT2D eigenvalue weighted by Gasteiger charge is 2.31. The van der Waals surface area contributed by atoms with E-state index >= 15 is 0 Å². The zero-order valence-electron chi connectivity index (χ0n) is 7.61. The van der Waals surface area contributed by atoms with Crippen LogP contribution in [0.25, 0.3) is 0 Å². The smallest absolute Gasteiger partial charge is 0.133 e. The molecule has 0 bridgehead atoms. The normalized spacial score (nSPS) is 30.6. The number of allylic oxidation sites excluding steroid dienone is 2. The number of rotatable bonds is 1. The van der Waals surface area contributed by atoms with Gasteiger partial charge >= 0.3 is 0 Å². The van der Waals surface area contributed by atoms with Crippen molar-refractivity contribution in [2.75, 3.05) is 0 Å². The number of hydrogen-bond donors (Lipinski definition) is 0. The first-order valence-electron chi connectivity index (χ1n) is 4.20. The van der Waals surface area contributed by atoms with Crippen LogP contribution in [0.4, 0.5) is 0 Å². The second-order valence-corrected chi connectivity index (χ2v) is 4.09. The van der Waals surface area contributed by atoms with E-state index in [1.807, 2.05) is 0 Å². The molecule has 0 aromatic heterocycles. The molecule has 62 valence electrons. The first-order chi connectivity index (χ1) is 5.02. The summed E-state index contributed by atoms with van der Waals surface area (Å²) in [5, 5.41) is 0. The van der Waals surface area contributed by atoms with Gasteiger partial charge in [0.15, 0.2) is 0 Å². The summed E-state index contributed by atoms with van der Waals surface area (Å²) in [5.41, 5.74) is 1.50. The van der Waals surface area contributed by atoms with Crippen LogP contribution in [-0.4, -0.2) is 5.78 Å². The summed E-state index contributed by atoms with van der Waals surface area (Å²) in [6.07, 6.45) is 4.80. The van der Waals surface area contributed by atoms with Crippen LogP contribution in [0.1, 0.15) is 40.0 Å². The van der Waals surface area contributed by atoms with Gasteiger partial charge < -0.3 is 0 Å². The van der Waals surface area contributed by atoms with Crippen LogP contribution >= 0.6 is 0 Å². The van der Waals surface area contributed by atoms with Gasteiger partial charge in [-0.2, -0.15) is 0 Å². The van der Waals surface area contributed by atoms with Crippen molar-refractivity contribution in [1.82, 2.24) is 0 Å². The Kier molecular flexibility index (Phi) is 2.17. The van der Waals surface area contributed by atoms with Gasteiger partial charge in [0, 0.05) is 12.8 Å². The Morgan fingerprint density at radius 1 is 1.55 bits per heavy atom. The van der Waals surface area contributed by atoms with Crippen LogP contribution < -0.4 is 0 Å². The Labute approximate surface area is 68.5 Å². The Hall–Kier alpha value is -0.590. The number of carbonyl (C=O) groups excluding carboxylic acids is 1. The fourth-order valence-electron chi connectivity index (χ4n) is 1.87. The van der Waals surface area contributed by atoms with Crippen molar-refractivity contribution in [2.24, 2.45) is 5.41 Å². The molecule has 1 aliphatic rings. The molecule has 0 aromatic rings. The quantitative estimate of drug-likeness (QED) is 0.528. The van der Waals surface area contributed by atoms with Crippen LogP contribution in [0.3, 0.4) is 0 Å². The van der Waals surface area contributed by atoms with E-state index in [9.17, 15) is 4.79 Å². The molecule has 1 nitrogen and oxygen atoms in total. The third-order valence-electron chi connectivity index (χ3n) is 2.21. The maximum absolute atomic E-state index is 11.0. The average molecular weight is 152 g/mol. The standard InChI is InChI=1S/C10H16O/c1-8(2)6-10(3)5-4-9(11)7-10/h6H,4-5,7H2,1-3H3. The Balaban J connectivity index is 2.70. The van der Waals surface area contributed by atoms with Crippen LogP contribution in [-0.2, 0) is 4.79 Å². The summed E-state index contributed by atoms with van der Waals surface area (Å²) in [5.74, 6) is 0.421. The van der Waals surface area contributed by atoms with Crippen molar-refractivity contribution < 1.29 is 4.79 Å². The zero-order chi connectivity index (χ0) is 8.48. The van der Waals surface area contributed by atoms with E-state index in [4.69, 9.17) is 0 Å². The predicted molar refractivity (Wildman–Crippen MR) is 46.4 cm³/mol. The van der Waals surface area contributed by atoms with Crippen molar-refractivity contribution in [3.8, 4) is 0 Å². The molecule has 0 amide bonds. The summed E-state index contributed by atoms with van der Waals surface area (Å²) >= 11 is 0. The molecule has 1 saturated carbocycles. The Morgan fingerprint density at radius 2 is 2.18 bits per heavy atom. The maximum atomic E-state index is 11.0. The molecule has 1 rings (SSSR count). The molecule has 1 atom stereocenters. The van der Waals surface area contributed by atoms with E-state index in [1.165, 1.54) is 5.57 Å². The lowest BCUT2D eigenvalue weighted by Crippen LogP contribution is -2.08. The van der Waals surface area contributed by atoms with Gasteiger partial charge in [-0.15, -0.1) is 0 Å². The van der Waals surface area contributed by atoms with Gasteiger partial charge in [0.25, 0.3) is 0 Å². The summed E-state index contributed by atoms with van der Waals surface area (Å²) in [6, 6.07) is 0. The number of hydrogen-bond acceptors (Lipinski definition) is 1. The molecule has 1 heteroatoms. The van der Waals surface area contributed by atoms with Gasteiger partial charge in [0.05, 0.1) is 0 Å². The molecule has 1 fully saturated rings. The predicted octanol–water partition coefficient (Wildman–Crippen LogP) is 2.71. The van der Waals surface area contributed by atoms with E-state index in [1.54, 1.807) is 0 Å². The van der Waals surface area contributed by atoms with Crippen LogP contribution in [0, 0.1) is 5.41 Å². The molecular weight excluding hydrogens is 136 g/mol. The molecule has 0 saturated heterocycles. The number of ketones is 1. The summed E-state index contributed by atoms with van der Waals surface area (Å²) < 4.78 is 0. The van der Waals surface area contributed by atoms with Gasteiger partial charge in [-0.05, 0) is 25.7 Å². The largest absolute Gasteiger partial charge is 0.300 e. The molecule has 0 N–H and O–H groups in total. The monoisotopic (exact) mass is 152 g/mol. The topological polar surface area (TPSA) is 17.1 Å². The van der Waals surface area contributed by atoms with Crippen molar-refractivity contribution >= 4 is 5.78 Å². The summed E-state index contributed by atoms with van der Waals surface area (Å²) in [6.45, 7) is 6.35. The van der Waals surface area contributed by atoms with Gasteiger partial charge in [-0.1, -0.05) is 18.6 Å². The lowest BCUT2D eigenvalue weighted by Gasteiger charge is -2.17. The minimum absolute atomic E-state index is 0.177. The molecule has 0 aliphatic heterocycles. The van der Waals surface area contributed by atoms with E-state index in [0.29, 0.717) is 5.78 Å². The molecule has 0 radical (unpaired) electrons. The SMILES string of the molecule is CC(C)=CC1(C)CCC(=O)C1. The summed E-state index contributed by atoms with van der Waals surface area (Å²) in [7, 11) is 0.